The molecule has 0 amide bonds. The summed E-state index contributed by atoms with van der Waals surface area (Å²) in [7, 11) is 0. The van der Waals surface area contributed by atoms with Crippen molar-refractivity contribution in [1.29, 1.82) is 0 Å². The number of nitrogens with zero attached hydrogens (tertiary/aromatic N) is 4. The predicted octanol–water partition coefficient (Wildman–Crippen LogP) is 3.11. The average Bonchev–Trinajstić information content (AvgIpc) is 3.19. The molecule has 1 aromatic carbocycles. The van der Waals surface area contributed by atoms with Gasteiger partial charge in [0.05, 0.1) is 12.9 Å². The number of hydrogen-bond donors (Lipinski definition) is 1. The second kappa shape index (κ2) is 5.40. The molecule has 1 aliphatic rings. The van der Waals surface area contributed by atoms with Crippen molar-refractivity contribution in [3.8, 4) is 0 Å². The van der Waals surface area contributed by atoms with E-state index in [1.807, 2.05) is 18.2 Å². The van der Waals surface area contributed by atoms with E-state index in [1.54, 1.807) is 6.33 Å². The summed E-state index contributed by atoms with van der Waals surface area (Å²) in [5, 5.41) is 0. The van der Waals surface area contributed by atoms with E-state index in [9.17, 15) is 0 Å². The van der Waals surface area contributed by atoms with Crippen molar-refractivity contribution < 1.29 is 0 Å². The van der Waals surface area contributed by atoms with Crippen LogP contribution >= 0.6 is 0 Å². The Bertz CT molecular complexity index is 787. The van der Waals surface area contributed by atoms with Gasteiger partial charge in [0, 0.05) is 5.92 Å². The summed E-state index contributed by atoms with van der Waals surface area (Å²) in [5.41, 5.74) is 8.88. The van der Waals surface area contributed by atoms with Crippen molar-refractivity contribution in [2.75, 3.05) is 5.73 Å². The molecule has 1 saturated carbocycles. The van der Waals surface area contributed by atoms with Crippen LogP contribution in [-0.2, 0) is 6.54 Å². The van der Waals surface area contributed by atoms with Crippen molar-refractivity contribution in [2.24, 2.45) is 0 Å². The van der Waals surface area contributed by atoms with Crippen molar-refractivity contribution in [3.05, 3.63) is 48.0 Å². The standard InChI is InChI=1S/C17H19N5/c18-15-14-17(21-16(20-15)13-8-4-5-9-13)22(11-19-14)10-12-6-2-1-3-7-12/h1-3,6-7,11,13H,4-5,8-10H2,(H2,18,20,21). The van der Waals surface area contributed by atoms with Crippen LogP contribution in [0.5, 0.6) is 0 Å². The lowest BCUT2D eigenvalue weighted by molar-refractivity contribution is 0.669. The van der Waals surface area contributed by atoms with Crippen LogP contribution in [0.25, 0.3) is 11.2 Å². The lowest BCUT2D eigenvalue weighted by atomic mass is 10.1. The van der Waals surface area contributed by atoms with E-state index in [2.05, 4.69) is 26.7 Å². The second-order valence-corrected chi connectivity index (χ2v) is 5.98. The monoisotopic (exact) mass is 293 g/mol. The molecule has 22 heavy (non-hydrogen) atoms. The summed E-state index contributed by atoms with van der Waals surface area (Å²) in [5.74, 6) is 1.84. The van der Waals surface area contributed by atoms with Crippen molar-refractivity contribution in [1.82, 2.24) is 19.5 Å². The van der Waals surface area contributed by atoms with E-state index in [-0.39, 0.29) is 0 Å². The van der Waals surface area contributed by atoms with Crippen molar-refractivity contribution in [2.45, 2.75) is 38.1 Å². The van der Waals surface area contributed by atoms with Crippen LogP contribution in [0.15, 0.2) is 36.7 Å². The zero-order valence-corrected chi connectivity index (χ0v) is 12.4. The smallest absolute Gasteiger partial charge is 0.166 e. The van der Waals surface area contributed by atoms with Gasteiger partial charge in [0.15, 0.2) is 11.5 Å². The minimum atomic E-state index is 0.451. The summed E-state index contributed by atoms with van der Waals surface area (Å²) in [6.07, 6.45) is 6.65. The van der Waals surface area contributed by atoms with Crippen LogP contribution in [0, 0.1) is 0 Å². The molecule has 4 rings (SSSR count). The van der Waals surface area contributed by atoms with E-state index in [0.717, 1.165) is 30.9 Å². The van der Waals surface area contributed by atoms with Crippen LogP contribution in [-0.4, -0.2) is 19.5 Å². The highest BCUT2D eigenvalue weighted by Gasteiger charge is 2.22. The number of nitrogen functional groups attached to an aromatic ring is 1. The highest BCUT2D eigenvalue weighted by Crippen LogP contribution is 2.33. The highest BCUT2D eigenvalue weighted by atomic mass is 15.1. The maximum atomic E-state index is 6.10. The number of imidazole rings is 1. The first-order valence-electron chi connectivity index (χ1n) is 7.83. The first-order chi connectivity index (χ1) is 10.8. The van der Waals surface area contributed by atoms with E-state index in [0.29, 0.717) is 17.3 Å². The SMILES string of the molecule is Nc1nc(C2CCCC2)nc2c1ncn2Cc1ccccc1. The Morgan fingerprint density at radius 3 is 2.64 bits per heavy atom. The number of fused-ring (bicyclic) bond motifs is 1. The Kier molecular flexibility index (Phi) is 3.25. The van der Waals surface area contributed by atoms with Gasteiger partial charge in [-0.2, -0.15) is 0 Å². The van der Waals surface area contributed by atoms with Crippen molar-refractivity contribution >= 4 is 17.0 Å². The number of rotatable bonds is 3. The second-order valence-electron chi connectivity index (χ2n) is 5.98. The zero-order valence-electron chi connectivity index (χ0n) is 12.4. The molecule has 5 nitrogen and oxygen atoms in total. The lowest BCUT2D eigenvalue weighted by Crippen LogP contribution is -2.07. The minimum absolute atomic E-state index is 0.451. The third-order valence-electron chi connectivity index (χ3n) is 4.42. The van der Waals surface area contributed by atoms with Crippen LogP contribution in [0.2, 0.25) is 0 Å². The molecular weight excluding hydrogens is 274 g/mol. The maximum Gasteiger partial charge on any atom is 0.166 e. The van der Waals surface area contributed by atoms with Gasteiger partial charge in [-0.05, 0) is 18.4 Å². The largest absolute Gasteiger partial charge is 0.382 e. The van der Waals surface area contributed by atoms with Crippen LogP contribution in [0.4, 0.5) is 5.82 Å². The molecule has 0 bridgehead atoms. The van der Waals surface area contributed by atoms with Crippen LogP contribution in [0.1, 0.15) is 43.0 Å². The third-order valence-corrected chi connectivity index (χ3v) is 4.42. The molecule has 112 valence electrons. The molecule has 1 aliphatic carbocycles. The van der Waals surface area contributed by atoms with Gasteiger partial charge in [0.1, 0.15) is 11.3 Å². The molecule has 1 fully saturated rings. The number of hydrogen-bond acceptors (Lipinski definition) is 4. The zero-order chi connectivity index (χ0) is 14.9. The Labute approximate surface area is 129 Å². The summed E-state index contributed by atoms with van der Waals surface area (Å²) >= 11 is 0. The molecule has 5 heteroatoms. The molecule has 0 spiro atoms. The molecule has 0 radical (unpaired) electrons. The predicted molar refractivity (Wildman–Crippen MR) is 86.5 cm³/mol. The quantitative estimate of drug-likeness (QED) is 0.805. The molecule has 0 atom stereocenters. The number of anilines is 1. The fourth-order valence-corrected chi connectivity index (χ4v) is 3.25. The normalized spacial score (nSPS) is 15.6. The van der Waals surface area contributed by atoms with Gasteiger partial charge in [0.25, 0.3) is 0 Å². The number of nitrogens with two attached hydrogens (primary N) is 1. The topological polar surface area (TPSA) is 69.6 Å². The first kappa shape index (κ1) is 13.2. The Balaban J connectivity index is 1.76. The van der Waals surface area contributed by atoms with Gasteiger partial charge in [-0.25, -0.2) is 15.0 Å². The van der Waals surface area contributed by atoms with E-state index in [4.69, 9.17) is 10.7 Å². The molecule has 0 aliphatic heterocycles. The summed E-state index contributed by atoms with van der Waals surface area (Å²) < 4.78 is 2.06. The van der Waals surface area contributed by atoms with E-state index < -0.39 is 0 Å². The molecule has 0 unspecified atom stereocenters. The van der Waals surface area contributed by atoms with E-state index in [1.165, 1.54) is 18.4 Å². The number of aromatic nitrogens is 4. The van der Waals surface area contributed by atoms with Gasteiger partial charge in [-0.3, -0.25) is 0 Å². The molecule has 2 heterocycles. The maximum absolute atomic E-state index is 6.10. The van der Waals surface area contributed by atoms with Gasteiger partial charge < -0.3 is 10.3 Å². The van der Waals surface area contributed by atoms with Gasteiger partial charge in [-0.15, -0.1) is 0 Å². The lowest BCUT2D eigenvalue weighted by Gasteiger charge is -2.10. The summed E-state index contributed by atoms with van der Waals surface area (Å²) in [6, 6.07) is 10.3. The number of benzene rings is 1. The fraction of sp³-hybridized carbons (Fsp3) is 0.353. The summed E-state index contributed by atoms with van der Waals surface area (Å²) in [6.45, 7) is 0.748. The van der Waals surface area contributed by atoms with Crippen LogP contribution < -0.4 is 5.73 Å². The van der Waals surface area contributed by atoms with Crippen LogP contribution in [0.3, 0.4) is 0 Å². The van der Waals surface area contributed by atoms with Crippen molar-refractivity contribution in [3.63, 3.8) is 0 Å². The van der Waals surface area contributed by atoms with Gasteiger partial charge in [-0.1, -0.05) is 43.2 Å². The highest BCUT2D eigenvalue weighted by molar-refractivity contribution is 5.81. The average molecular weight is 293 g/mol. The molecule has 0 saturated heterocycles. The molecule has 2 N–H and O–H groups in total. The molecule has 2 aromatic heterocycles. The Morgan fingerprint density at radius 2 is 1.86 bits per heavy atom. The van der Waals surface area contributed by atoms with E-state index >= 15 is 0 Å². The Hall–Kier alpha value is -2.43. The summed E-state index contributed by atoms with van der Waals surface area (Å²) in [4.78, 5) is 13.7. The molecular formula is C17H19N5. The third kappa shape index (κ3) is 2.32. The molecule has 3 aromatic rings. The van der Waals surface area contributed by atoms with Gasteiger partial charge in [0.2, 0.25) is 0 Å². The van der Waals surface area contributed by atoms with Gasteiger partial charge >= 0.3 is 0 Å². The first-order valence-corrected chi connectivity index (χ1v) is 7.83. The fourth-order valence-electron chi connectivity index (χ4n) is 3.25. The Morgan fingerprint density at radius 1 is 1.09 bits per heavy atom. The minimum Gasteiger partial charge on any atom is -0.382 e.